The van der Waals surface area contributed by atoms with Gasteiger partial charge in [-0.1, -0.05) is 13.8 Å². The molecule has 0 aliphatic carbocycles. The van der Waals surface area contributed by atoms with Gasteiger partial charge >= 0.3 is 0 Å². The van der Waals surface area contributed by atoms with E-state index in [-0.39, 0.29) is 0 Å². The van der Waals surface area contributed by atoms with Crippen molar-refractivity contribution in [3.8, 4) is 0 Å². The molecule has 8 heavy (non-hydrogen) atoms. The zero-order valence-corrected chi connectivity index (χ0v) is 6.54. The highest BCUT2D eigenvalue weighted by atomic mass is 32.1. The fraction of sp³-hybridized carbons (Fsp3) is 1.00. The third-order valence-corrected chi connectivity index (χ3v) is 1.25. The molecule has 0 aromatic carbocycles. The van der Waals surface area contributed by atoms with Crippen molar-refractivity contribution in [1.29, 1.82) is 0 Å². The lowest BCUT2D eigenvalue weighted by molar-refractivity contribution is 0.672. The molecule has 1 N–H and O–H groups in total. The molecule has 0 aromatic heterocycles. The average Bonchev–Trinajstić information content (AvgIpc) is 1.66. The second-order valence-electron chi connectivity index (χ2n) is 1.99. The quantitative estimate of drug-likeness (QED) is 0.435. The van der Waals surface area contributed by atoms with Gasteiger partial charge in [-0.15, -0.1) is 0 Å². The average molecular weight is 133 g/mol. The second kappa shape index (κ2) is 5.45. The first-order chi connectivity index (χ1) is 3.77. The summed E-state index contributed by atoms with van der Waals surface area (Å²) >= 11 is 4.23. The van der Waals surface area contributed by atoms with Crippen molar-refractivity contribution < 1.29 is 0 Å². The molecule has 0 rings (SSSR count). The van der Waals surface area contributed by atoms with Crippen LogP contribution in [0.25, 0.3) is 0 Å². The van der Waals surface area contributed by atoms with Gasteiger partial charge < -0.3 is 5.32 Å². The summed E-state index contributed by atoms with van der Waals surface area (Å²) < 4.78 is 0. The predicted molar refractivity (Wildman–Crippen MR) is 41.6 cm³/mol. The Morgan fingerprint density at radius 1 is 1.62 bits per heavy atom. The monoisotopic (exact) mass is 133 g/mol. The molecule has 0 bridgehead atoms. The van der Waals surface area contributed by atoms with E-state index in [1.54, 1.807) is 0 Å². The highest BCUT2D eigenvalue weighted by molar-refractivity contribution is 7.80. The second-order valence-corrected chi connectivity index (χ2v) is 2.87. The normalized spacial score (nSPS) is 13.9. The Labute approximate surface area is 57.3 Å². The van der Waals surface area contributed by atoms with Crippen LogP contribution in [0.15, 0.2) is 0 Å². The van der Waals surface area contributed by atoms with Crippen LogP contribution in [0.1, 0.15) is 20.3 Å². The van der Waals surface area contributed by atoms with Crippen molar-refractivity contribution in [2.75, 3.05) is 13.1 Å². The van der Waals surface area contributed by atoms with Gasteiger partial charge in [0.1, 0.15) is 0 Å². The minimum absolute atomic E-state index is 0.536. The third kappa shape index (κ3) is 6.31. The molecule has 1 nitrogen and oxygen atoms in total. The van der Waals surface area contributed by atoms with Gasteiger partial charge in [-0.2, -0.15) is 12.6 Å². The van der Waals surface area contributed by atoms with Crippen LogP contribution in [-0.2, 0) is 0 Å². The molecule has 0 fully saturated rings. The summed E-state index contributed by atoms with van der Waals surface area (Å²) in [6, 6.07) is 0. The van der Waals surface area contributed by atoms with Gasteiger partial charge in [-0.25, -0.2) is 0 Å². The molecule has 0 aliphatic heterocycles. The van der Waals surface area contributed by atoms with Gasteiger partial charge in [0.25, 0.3) is 0 Å². The number of rotatable bonds is 4. The minimum Gasteiger partial charge on any atom is -0.317 e. The van der Waals surface area contributed by atoms with Crippen molar-refractivity contribution in [1.82, 2.24) is 5.32 Å². The molecular formula is C6H15NS. The van der Waals surface area contributed by atoms with Crippen molar-refractivity contribution in [3.63, 3.8) is 0 Å². The van der Waals surface area contributed by atoms with Crippen LogP contribution < -0.4 is 5.32 Å². The van der Waals surface area contributed by atoms with Gasteiger partial charge in [-0.05, 0) is 19.5 Å². The lowest BCUT2D eigenvalue weighted by Crippen LogP contribution is -2.16. The summed E-state index contributed by atoms with van der Waals surface area (Å²) in [6.45, 7) is 6.39. The first-order valence-corrected chi connectivity index (χ1v) is 3.67. The molecular weight excluding hydrogens is 118 g/mol. The van der Waals surface area contributed by atoms with E-state index in [1.807, 2.05) is 0 Å². The van der Waals surface area contributed by atoms with Crippen LogP contribution in [0.5, 0.6) is 0 Å². The fourth-order valence-corrected chi connectivity index (χ4v) is 0.617. The van der Waals surface area contributed by atoms with Crippen LogP contribution in [0.2, 0.25) is 0 Å². The molecule has 0 aromatic rings. The van der Waals surface area contributed by atoms with E-state index in [0.717, 1.165) is 19.5 Å². The number of hydrogen-bond donors (Lipinski definition) is 2. The summed E-state index contributed by atoms with van der Waals surface area (Å²) in [4.78, 5) is 0. The molecule has 0 spiro atoms. The molecule has 2 heteroatoms. The molecule has 0 radical (unpaired) electrons. The molecule has 0 saturated heterocycles. The Hall–Kier alpha value is 0.310. The summed E-state index contributed by atoms with van der Waals surface area (Å²) in [5.74, 6) is 0. The topological polar surface area (TPSA) is 12.0 Å². The lowest BCUT2D eigenvalue weighted by atomic mass is 10.3. The first kappa shape index (κ1) is 8.31. The van der Waals surface area contributed by atoms with Crippen molar-refractivity contribution in [3.05, 3.63) is 0 Å². The van der Waals surface area contributed by atoms with Crippen LogP contribution in [0.4, 0.5) is 0 Å². The maximum atomic E-state index is 4.23. The Balaban J connectivity index is 2.72. The zero-order valence-electron chi connectivity index (χ0n) is 5.65. The van der Waals surface area contributed by atoms with Crippen LogP contribution in [0, 0.1) is 0 Å². The van der Waals surface area contributed by atoms with E-state index in [9.17, 15) is 0 Å². The highest BCUT2D eigenvalue weighted by Gasteiger charge is 1.90. The lowest BCUT2D eigenvalue weighted by Gasteiger charge is -2.02. The third-order valence-electron chi connectivity index (χ3n) is 0.989. The van der Waals surface area contributed by atoms with Crippen molar-refractivity contribution in [2.24, 2.45) is 0 Å². The van der Waals surface area contributed by atoms with E-state index in [0.29, 0.717) is 5.25 Å². The smallest absolute Gasteiger partial charge is 0.0000480 e. The van der Waals surface area contributed by atoms with Gasteiger partial charge in [0, 0.05) is 5.25 Å². The van der Waals surface area contributed by atoms with E-state index in [1.165, 1.54) is 0 Å². The number of hydrogen-bond acceptors (Lipinski definition) is 2. The largest absolute Gasteiger partial charge is 0.317 e. The Kier molecular flexibility index (Phi) is 5.66. The molecule has 0 unspecified atom stereocenters. The summed E-state index contributed by atoms with van der Waals surface area (Å²) in [5.41, 5.74) is 0. The number of nitrogens with one attached hydrogen (secondary N) is 1. The van der Waals surface area contributed by atoms with Crippen LogP contribution in [0.3, 0.4) is 0 Å². The van der Waals surface area contributed by atoms with Crippen molar-refractivity contribution in [2.45, 2.75) is 25.5 Å². The Morgan fingerprint density at radius 2 is 2.25 bits per heavy atom. The summed E-state index contributed by atoms with van der Waals surface area (Å²) in [5, 5.41) is 3.77. The highest BCUT2D eigenvalue weighted by Crippen LogP contribution is 1.95. The van der Waals surface area contributed by atoms with Gasteiger partial charge in [-0.3, -0.25) is 0 Å². The summed E-state index contributed by atoms with van der Waals surface area (Å²) in [6.07, 6.45) is 1.16. The maximum Gasteiger partial charge on any atom is 0.0000480 e. The molecule has 0 heterocycles. The molecule has 0 saturated carbocycles. The van der Waals surface area contributed by atoms with Gasteiger partial charge in [0.15, 0.2) is 0 Å². The molecule has 0 aliphatic rings. The zero-order chi connectivity index (χ0) is 6.41. The fourth-order valence-electron chi connectivity index (χ4n) is 0.488. The SMILES string of the molecule is CCNCC[C@H](C)S. The van der Waals surface area contributed by atoms with E-state index >= 15 is 0 Å². The van der Waals surface area contributed by atoms with Gasteiger partial charge in [0.05, 0.1) is 0 Å². The van der Waals surface area contributed by atoms with Gasteiger partial charge in [0.2, 0.25) is 0 Å². The molecule has 0 amide bonds. The Morgan fingerprint density at radius 3 is 2.62 bits per heavy atom. The molecule has 1 atom stereocenters. The number of thiol groups is 1. The van der Waals surface area contributed by atoms with E-state index in [2.05, 4.69) is 31.8 Å². The molecule has 50 valence electrons. The predicted octanol–water partition coefficient (Wildman–Crippen LogP) is 1.30. The van der Waals surface area contributed by atoms with Crippen LogP contribution >= 0.6 is 12.6 Å². The Bertz CT molecular complexity index is 45.8. The van der Waals surface area contributed by atoms with Crippen molar-refractivity contribution >= 4 is 12.6 Å². The van der Waals surface area contributed by atoms with E-state index in [4.69, 9.17) is 0 Å². The van der Waals surface area contributed by atoms with E-state index < -0.39 is 0 Å². The minimum atomic E-state index is 0.536. The van der Waals surface area contributed by atoms with Crippen LogP contribution in [-0.4, -0.2) is 18.3 Å². The standard InChI is InChI=1S/C6H15NS/c1-3-7-5-4-6(2)8/h6-8H,3-5H2,1-2H3/t6-/m0/s1. The summed E-state index contributed by atoms with van der Waals surface area (Å²) in [7, 11) is 0. The first-order valence-electron chi connectivity index (χ1n) is 3.16. The maximum absolute atomic E-state index is 4.23.